The van der Waals surface area contributed by atoms with Gasteiger partial charge in [-0.1, -0.05) is 0 Å². The van der Waals surface area contributed by atoms with Gasteiger partial charge in [0.15, 0.2) is 0 Å². The van der Waals surface area contributed by atoms with Crippen molar-refractivity contribution in [2.45, 2.75) is 25.8 Å². The number of rotatable bonds is 3. The van der Waals surface area contributed by atoms with E-state index in [0.717, 1.165) is 12.0 Å². The van der Waals surface area contributed by atoms with Gasteiger partial charge in [-0.3, -0.25) is 14.7 Å². The highest BCUT2D eigenvalue weighted by Gasteiger charge is 2.44. The number of carbonyl (C=O) groups excluding carboxylic acids is 2. The Hall–Kier alpha value is -3.60. The summed E-state index contributed by atoms with van der Waals surface area (Å²) in [6, 6.07) is 8.89. The number of likely N-dealkylation sites (tertiary alicyclic amines) is 1. The van der Waals surface area contributed by atoms with Crippen LogP contribution in [0.3, 0.4) is 0 Å². The molecule has 1 saturated heterocycles. The molecule has 0 bridgehead atoms. The summed E-state index contributed by atoms with van der Waals surface area (Å²) in [4.78, 5) is 37.3. The van der Waals surface area contributed by atoms with Gasteiger partial charge in [-0.15, -0.1) is 0 Å². The maximum atomic E-state index is 13.0. The molecule has 2 aliphatic heterocycles. The van der Waals surface area contributed by atoms with Crippen LogP contribution in [0.15, 0.2) is 36.7 Å². The third-order valence-electron chi connectivity index (χ3n) is 5.15. The molecule has 0 spiro atoms. The number of aromatic nitrogens is 1. The van der Waals surface area contributed by atoms with E-state index in [9.17, 15) is 14.9 Å². The van der Waals surface area contributed by atoms with E-state index in [4.69, 9.17) is 4.84 Å². The van der Waals surface area contributed by atoms with Crippen LogP contribution in [0, 0.1) is 11.3 Å². The molecule has 4 rings (SSSR count). The highest BCUT2D eigenvalue weighted by Crippen LogP contribution is 2.42. The average molecular weight is 377 g/mol. The molecular weight excluding hydrogens is 358 g/mol. The minimum Gasteiger partial charge on any atom is -0.324 e. The Balaban J connectivity index is 1.59. The summed E-state index contributed by atoms with van der Waals surface area (Å²) < 4.78 is 0. The lowest BCUT2D eigenvalue weighted by Gasteiger charge is -2.32. The largest absolute Gasteiger partial charge is 0.434 e. The normalized spacial score (nSPS) is 16.8. The average Bonchev–Trinajstić information content (AvgIpc) is 2.84. The fourth-order valence-corrected chi connectivity index (χ4v) is 3.51. The molecule has 2 amide bonds. The summed E-state index contributed by atoms with van der Waals surface area (Å²) in [6.07, 6.45) is 3.64. The molecule has 28 heavy (non-hydrogen) atoms. The number of amides is 2. The Morgan fingerprint density at radius 3 is 2.75 bits per heavy atom. The number of anilines is 2. The van der Waals surface area contributed by atoms with Crippen molar-refractivity contribution in [3.8, 4) is 6.07 Å². The molecule has 2 aromatic rings. The number of nitrogens with one attached hydrogen (secondary N) is 1. The molecule has 0 aliphatic carbocycles. The van der Waals surface area contributed by atoms with Crippen LogP contribution in [0.25, 0.3) is 0 Å². The second-order valence-corrected chi connectivity index (χ2v) is 7.31. The van der Waals surface area contributed by atoms with Gasteiger partial charge in [0.25, 0.3) is 5.91 Å². The minimum atomic E-state index is -0.659. The maximum absolute atomic E-state index is 13.0. The van der Waals surface area contributed by atoms with Crippen molar-refractivity contribution in [3.63, 3.8) is 0 Å². The Bertz CT molecular complexity index is 1010. The molecule has 3 heterocycles. The predicted octanol–water partition coefficient (Wildman–Crippen LogP) is 3.02. The number of pyridine rings is 1. The standard InChI is InChI=1S/C20H19N5O3/c1-20(2)17-8-13(10-21)4-5-16(17)18(26)25(20)15-9-14(11-22-12-15)23-28-19(27)24-6-3-7-24/h4-5,8-9,11-12,23H,3,6-7H2,1-2H3. The molecule has 142 valence electrons. The number of nitrogens with zero attached hydrogens (tertiary/aromatic N) is 4. The van der Waals surface area contributed by atoms with Gasteiger partial charge in [0.2, 0.25) is 0 Å². The third-order valence-corrected chi connectivity index (χ3v) is 5.15. The molecular formula is C20H19N5O3. The van der Waals surface area contributed by atoms with Crippen LogP contribution >= 0.6 is 0 Å². The van der Waals surface area contributed by atoms with Crippen LogP contribution < -0.4 is 10.4 Å². The summed E-state index contributed by atoms with van der Waals surface area (Å²) in [5, 5.41) is 9.18. The van der Waals surface area contributed by atoms with Gasteiger partial charge in [0.1, 0.15) is 0 Å². The van der Waals surface area contributed by atoms with Gasteiger partial charge in [-0.25, -0.2) is 10.3 Å². The van der Waals surface area contributed by atoms with E-state index < -0.39 is 11.6 Å². The zero-order valence-corrected chi connectivity index (χ0v) is 15.6. The van der Waals surface area contributed by atoms with Crippen LogP contribution in [-0.4, -0.2) is 35.0 Å². The summed E-state index contributed by atoms with van der Waals surface area (Å²) in [5.41, 5.74) is 4.83. The molecule has 0 saturated carbocycles. The first-order chi connectivity index (χ1) is 13.4. The molecule has 1 aromatic heterocycles. The van der Waals surface area contributed by atoms with E-state index >= 15 is 0 Å². The number of carbonyl (C=O) groups is 2. The lowest BCUT2D eigenvalue weighted by molar-refractivity contribution is 0.0971. The third kappa shape index (κ3) is 2.81. The van der Waals surface area contributed by atoms with Crippen LogP contribution in [0.2, 0.25) is 0 Å². The van der Waals surface area contributed by atoms with Crippen LogP contribution in [0.4, 0.5) is 16.2 Å². The van der Waals surface area contributed by atoms with Gasteiger partial charge in [-0.05, 0) is 50.1 Å². The smallest absolute Gasteiger partial charge is 0.324 e. The number of benzene rings is 1. The highest BCUT2D eigenvalue weighted by molar-refractivity contribution is 6.12. The lowest BCUT2D eigenvalue weighted by atomic mass is 9.92. The first-order valence-electron chi connectivity index (χ1n) is 8.98. The predicted molar refractivity (Wildman–Crippen MR) is 102 cm³/mol. The lowest BCUT2D eigenvalue weighted by Crippen LogP contribution is -2.43. The van der Waals surface area contributed by atoms with Gasteiger partial charge in [0, 0.05) is 18.7 Å². The molecule has 8 heteroatoms. The zero-order valence-electron chi connectivity index (χ0n) is 15.6. The molecule has 2 aliphatic rings. The fourth-order valence-electron chi connectivity index (χ4n) is 3.51. The summed E-state index contributed by atoms with van der Waals surface area (Å²) >= 11 is 0. The van der Waals surface area contributed by atoms with Gasteiger partial charge in [-0.2, -0.15) is 5.26 Å². The monoisotopic (exact) mass is 377 g/mol. The van der Waals surface area contributed by atoms with Gasteiger partial charge >= 0.3 is 6.09 Å². The van der Waals surface area contributed by atoms with E-state index in [-0.39, 0.29) is 5.91 Å². The molecule has 0 unspecified atom stereocenters. The Morgan fingerprint density at radius 1 is 1.29 bits per heavy atom. The van der Waals surface area contributed by atoms with E-state index in [0.29, 0.717) is 35.6 Å². The van der Waals surface area contributed by atoms with Crippen molar-refractivity contribution < 1.29 is 14.4 Å². The molecule has 0 radical (unpaired) electrons. The summed E-state index contributed by atoms with van der Waals surface area (Å²) in [7, 11) is 0. The second-order valence-electron chi connectivity index (χ2n) is 7.31. The highest BCUT2D eigenvalue weighted by atomic mass is 16.7. The van der Waals surface area contributed by atoms with E-state index in [1.807, 2.05) is 13.8 Å². The van der Waals surface area contributed by atoms with Crippen molar-refractivity contribution in [1.29, 1.82) is 5.26 Å². The fraction of sp³-hybridized carbons (Fsp3) is 0.300. The van der Waals surface area contributed by atoms with Crippen LogP contribution in [-0.2, 0) is 10.4 Å². The number of hydrogen-bond donors (Lipinski definition) is 1. The Labute approximate surface area is 162 Å². The molecule has 1 N–H and O–H groups in total. The number of fused-ring (bicyclic) bond motifs is 1. The van der Waals surface area contributed by atoms with Crippen molar-refractivity contribution in [2.24, 2.45) is 0 Å². The minimum absolute atomic E-state index is 0.166. The van der Waals surface area contributed by atoms with Crippen LogP contribution in [0.5, 0.6) is 0 Å². The van der Waals surface area contributed by atoms with Gasteiger partial charge < -0.3 is 9.74 Å². The molecule has 1 fully saturated rings. The van der Waals surface area contributed by atoms with Crippen molar-refractivity contribution in [3.05, 3.63) is 53.3 Å². The zero-order chi connectivity index (χ0) is 19.9. The van der Waals surface area contributed by atoms with E-state index in [1.54, 1.807) is 40.3 Å². The van der Waals surface area contributed by atoms with Crippen molar-refractivity contribution in [2.75, 3.05) is 23.5 Å². The second kappa shape index (κ2) is 6.53. The topological polar surface area (TPSA) is 98.6 Å². The van der Waals surface area contributed by atoms with Gasteiger partial charge in [0.05, 0.1) is 40.9 Å². The number of hydrogen-bond acceptors (Lipinski definition) is 6. The van der Waals surface area contributed by atoms with E-state index in [1.165, 1.54) is 6.20 Å². The molecule has 8 nitrogen and oxygen atoms in total. The van der Waals surface area contributed by atoms with E-state index in [2.05, 4.69) is 16.5 Å². The molecule has 0 atom stereocenters. The van der Waals surface area contributed by atoms with Crippen LogP contribution in [0.1, 0.15) is 41.8 Å². The maximum Gasteiger partial charge on any atom is 0.434 e. The number of nitriles is 1. The summed E-state index contributed by atoms with van der Waals surface area (Å²) in [6.45, 7) is 5.22. The Kier molecular flexibility index (Phi) is 4.15. The first-order valence-corrected chi connectivity index (χ1v) is 8.98. The molecule has 1 aromatic carbocycles. The first kappa shape index (κ1) is 17.8. The Morgan fingerprint density at radius 2 is 2.07 bits per heavy atom. The van der Waals surface area contributed by atoms with Crippen molar-refractivity contribution >= 4 is 23.4 Å². The van der Waals surface area contributed by atoms with Crippen molar-refractivity contribution in [1.82, 2.24) is 9.88 Å². The quantitative estimate of drug-likeness (QED) is 0.826. The summed E-state index contributed by atoms with van der Waals surface area (Å²) in [5.74, 6) is -0.166. The SMILES string of the molecule is CC1(C)c2cc(C#N)ccc2C(=O)N1c1cncc(NOC(=O)N2CCC2)c1.